The van der Waals surface area contributed by atoms with Crippen molar-refractivity contribution in [2.45, 2.75) is 52.0 Å². The van der Waals surface area contributed by atoms with Gasteiger partial charge in [-0.2, -0.15) is 0 Å². The Bertz CT molecular complexity index is 451. The Balaban J connectivity index is 2.27. The van der Waals surface area contributed by atoms with Crippen molar-refractivity contribution in [3.8, 4) is 0 Å². The molecule has 1 unspecified atom stereocenters. The van der Waals surface area contributed by atoms with E-state index in [4.69, 9.17) is 0 Å². The molecule has 0 heterocycles. The molecule has 0 radical (unpaired) electrons. The minimum atomic E-state index is -0.145. The fourth-order valence-corrected chi connectivity index (χ4v) is 2.82. The van der Waals surface area contributed by atoms with E-state index in [1.54, 1.807) is 12.1 Å². The van der Waals surface area contributed by atoms with Gasteiger partial charge in [0.2, 0.25) is 0 Å². The molecule has 1 aromatic carbocycles. The van der Waals surface area contributed by atoms with Crippen LogP contribution in [0.1, 0.15) is 56.2 Å². The lowest BCUT2D eigenvalue weighted by atomic mass is 9.88. The van der Waals surface area contributed by atoms with E-state index in [0.29, 0.717) is 0 Å². The molecule has 104 valence electrons. The predicted molar refractivity (Wildman–Crippen MR) is 78.7 cm³/mol. The quantitative estimate of drug-likeness (QED) is 0.759. The van der Waals surface area contributed by atoms with E-state index in [-0.39, 0.29) is 11.9 Å². The molecule has 1 nitrogen and oxygen atoms in total. The van der Waals surface area contributed by atoms with Crippen LogP contribution in [0.5, 0.6) is 0 Å². The van der Waals surface area contributed by atoms with Crippen LogP contribution in [-0.4, -0.2) is 6.54 Å². The molecular weight excluding hydrogens is 237 g/mol. The summed E-state index contributed by atoms with van der Waals surface area (Å²) in [6, 6.07) is 5.42. The van der Waals surface area contributed by atoms with Crippen LogP contribution in [0, 0.1) is 12.7 Å². The fraction of sp³-hybridized carbons (Fsp3) is 0.529. The zero-order valence-corrected chi connectivity index (χ0v) is 12.0. The highest BCUT2D eigenvalue weighted by molar-refractivity contribution is 5.35. The van der Waals surface area contributed by atoms with E-state index in [9.17, 15) is 4.39 Å². The van der Waals surface area contributed by atoms with Gasteiger partial charge in [-0.1, -0.05) is 24.6 Å². The first-order chi connectivity index (χ1) is 9.22. The highest BCUT2D eigenvalue weighted by Gasteiger charge is 2.19. The van der Waals surface area contributed by atoms with Crippen LogP contribution in [-0.2, 0) is 0 Å². The monoisotopic (exact) mass is 261 g/mol. The summed E-state index contributed by atoms with van der Waals surface area (Å²) in [7, 11) is 0. The Morgan fingerprint density at radius 1 is 1.32 bits per heavy atom. The summed E-state index contributed by atoms with van der Waals surface area (Å²) in [6.45, 7) is 5.18. The van der Waals surface area contributed by atoms with Gasteiger partial charge >= 0.3 is 0 Å². The average Bonchev–Trinajstić information content (AvgIpc) is 2.42. The second-order valence-corrected chi connectivity index (χ2v) is 5.41. The molecule has 1 aliphatic rings. The van der Waals surface area contributed by atoms with Gasteiger partial charge in [0.1, 0.15) is 5.82 Å². The van der Waals surface area contributed by atoms with Crippen molar-refractivity contribution in [3.05, 3.63) is 46.8 Å². The molecule has 0 amide bonds. The van der Waals surface area contributed by atoms with Crippen LogP contribution >= 0.6 is 0 Å². The topological polar surface area (TPSA) is 12.0 Å². The molecule has 0 saturated carbocycles. The number of nitrogens with one attached hydrogen (secondary N) is 1. The molecule has 2 rings (SSSR count). The average molecular weight is 261 g/mol. The second-order valence-electron chi connectivity index (χ2n) is 5.41. The highest BCUT2D eigenvalue weighted by atomic mass is 19.1. The molecule has 2 heteroatoms. The summed E-state index contributed by atoms with van der Waals surface area (Å²) in [5, 5.41) is 3.62. The second kappa shape index (κ2) is 6.85. The molecule has 0 aromatic heterocycles. The van der Waals surface area contributed by atoms with Gasteiger partial charge in [0.15, 0.2) is 0 Å². The van der Waals surface area contributed by atoms with E-state index in [1.165, 1.54) is 30.4 Å². The van der Waals surface area contributed by atoms with Crippen LogP contribution in [0.15, 0.2) is 29.8 Å². The molecule has 1 aliphatic carbocycles. The number of hydrogen-bond donors (Lipinski definition) is 1. The van der Waals surface area contributed by atoms with Gasteiger partial charge in [-0.15, -0.1) is 0 Å². The molecule has 0 aliphatic heterocycles. The van der Waals surface area contributed by atoms with Gasteiger partial charge in [0.05, 0.1) is 6.04 Å². The van der Waals surface area contributed by atoms with Gasteiger partial charge in [-0.05, 0) is 68.8 Å². The molecule has 1 atom stereocenters. The van der Waals surface area contributed by atoms with Gasteiger partial charge in [0.25, 0.3) is 0 Å². The lowest BCUT2D eigenvalue weighted by molar-refractivity contribution is 0.543. The third-order valence-electron chi connectivity index (χ3n) is 3.84. The van der Waals surface area contributed by atoms with Crippen molar-refractivity contribution in [1.29, 1.82) is 0 Å². The third-order valence-corrected chi connectivity index (χ3v) is 3.84. The summed E-state index contributed by atoms with van der Waals surface area (Å²) < 4.78 is 13.3. The Morgan fingerprint density at radius 2 is 2.16 bits per heavy atom. The Labute approximate surface area is 115 Å². The maximum absolute atomic E-state index is 13.3. The molecule has 0 bridgehead atoms. The summed E-state index contributed by atoms with van der Waals surface area (Å²) in [5.74, 6) is -0.145. The van der Waals surface area contributed by atoms with Gasteiger partial charge in [-0.25, -0.2) is 4.39 Å². The molecule has 1 N–H and O–H groups in total. The minimum absolute atomic E-state index is 0.145. The number of halogens is 1. The molecule has 0 fully saturated rings. The predicted octanol–water partition coefficient (Wildman–Crippen LogP) is 4.68. The number of hydrogen-bond acceptors (Lipinski definition) is 1. The largest absolute Gasteiger partial charge is 0.307 e. The van der Waals surface area contributed by atoms with Crippen molar-refractivity contribution in [2.75, 3.05) is 6.54 Å². The zero-order chi connectivity index (χ0) is 13.7. The minimum Gasteiger partial charge on any atom is -0.307 e. The first-order valence-electron chi connectivity index (χ1n) is 7.40. The SMILES string of the molecule is CCCNC(C1=CCCCC1)c1ccc(F)cc1C. The molecule has 0 saturated heterocycles. The Morgan fingerprint density at radius 3 is 2.79 bits per heavy atom. The maximum atomic E-state index is 13.3. The molecule has 0 spiro atoms. The van der Waals surface area contributed by atoms with Crippen molar-refractivity contribution < 1.29 is 4.39 Å². The summed E-state index contributed by atoms with van der Waals surface area (Å²) in [6.07, 6.45) is 8.41. The van der Waals surface area contributed by atoms with E-state index in [2.05, 4.69) is 18.3 Å². The molecule has 1 aromatic rings. The number of rotatable bonds is 5. The highest BCUT2D eigenvalue weighted by Crippen LogP contribution is 2.31. The Kier molecular flexibility index (Phi) is 5.15. The number of aryl methyl sites for hydroxylation is 1. The molecular formula is C17H24FN. The van der Waals surface area contributed by atoms with Crippen molar-refractivity contribution >= 4 is 0 Å². The standard InChI is InChI=1S/C17H24FN/c1-3-11-19-17(14-7-5-4-6-8-14)16-10-9-15(18)12-13(16)2/h7,9-10,12,17,19H,3-6,8,11H2,1-2H3. The van der Waals surface area contributed by atoms with Crippen molar-refractivity contribution in [3.63, 3.8) is 0 Å². The lowest BCUT2D eigenvalue weighted by Crippen LogP contribution is -2.25. The van der Waals surface area contributed by atoms with Crippen LogP contribution in [0.25, 0.3) is 0 Å². The van der Waals surface area contributed by atoms with Crippen LogP contribution in [0.4, 0.5) is 4.39 Å². The van der Waals surface area contributed by atoms with Gasteiger partial charge in [-0.3, -0.25) is 0 Å². The van der Waals surface area contributed by atoms with Crippen LogP contribution < -0.4 is 5.32 Å². The van der Waals surface area contributed by atoms with Crippen LogP contribution in [0.3, 0.4) is 0 Å². The van der Waals surface area contributed by atoms with Gasteiger partial charge in [0, 0.05) is 0 Å². The van der Waals surface area contributed by atoms with Gasteiger partial charge < -0.3 is 5.32 Å². The maximum Gasteiger partial charge on any atom is 0.123 e. The zero-order valence-electron chi connectivity index (χ0n) is 12.0. The first kappa shape index (κ1) is 14.3. The van der Waals surface area contributed by atoms with E-state index in [0.717, 1.165) is 24.9 Å². The third kappa shape index (κ3) is 3.66. The van der Waals surface area contributed by atoms with Crippen LogP contribution in [0.2, 0.25) is 0 Å². The number of allylic oxidation sites excluding steroid dienone is 1. The summed E-state index contributed by atoms with van der Waals surface area (Å²) in [5.41, 5.74) is 3.75. The Hall–Kier alpha value is -1.15. The van der Waals surface area contributed by atoms with E-state index < -0.39 is 0 Å². The first-order valence-corrected chi connectivity index (χ1v) is 7.40. The number of benzene rings is 1. The van der Waals surface area contributed by atoms with E-state index >= 15 is 0 Å². The van der Waals surface area contributed by atoms with Crippen molar-refractivity contribution in [2.24, 2.45) is 0 Å². The fourth-order valence-electron chi connectivity index (χ4n) is 2.82. The molecule has 19 heavy (non-hydrogen) atoms. The smallest absolute Gasteiger partial charge is 0.123 e. The lowest BCUT2D eigenvalue weighted by Gasteiger charge is -2.26. The van der Waals surface area contributed by atoms with E-state index in [1.807, 2.05) is 13.0 Å². The summed E-state index contributed by atoms with van der Waals surface area (Å²) >= 11 is 0. The summed E-state index contributed by atoms with van der Waals surface area (Å²) in [4.78, 5) is 0. The normalized spacial score (nSPS) is 17.1. The van der Waals surface area contributed by atoms with Crippen molar-refractivity contribution in [1.82, 2.24) is 5.32 Å².